The molecule has 0 radical (unpaired) electrons. The van der Waals surface area contributed by atoms with Crippen LogP contribution in [-0.2, 0) is 0 Å². The van der Waals surface area contributed by atoms with Gasteiger partial charge in [-0.1, -0.05) is 12.1 Å². The maximum Gasteiger partial charge on any atom is 0.154 e. The Hall–Kier alpha value is -3.26. The van der Waals surface area contributed by atoms with E-state index in [1.807, 2.05) is 35.1 Å². The first-order valence-electron chi connectivity index (χ1n) is 11.4. The molecule has 1 N–H and O–H groups in total. The van der Waals surface area contributed by atoms with Gasteiger partial charge in [0.25, 0.3) is 0 Å². The average Bonchev–Trinajstić information content (AvgIpc) is 3.58. The lowest BCUT2D eigenvalue weighted by atomic mass is 10.0. The number of piperidine rings is 1. The predicted octanol–water partition coefficient (Wildman–Crippen LogP) is 4.00. The van der Waals surface area contributed by atoms with Crippen LogP contribution in [0.3, 0.4) is 0 Å². The highest BCUT2D eigenvalue weighted by molar-refractivity contribution is 5.62. The molecular formula is C24H26FN7. The third-order valence-electron chi connectivity index (χ3n) is 6.71. The minimum Gasteiger partial charge on any atom is -0.348 e. The maximum atomic E-state index is 13.8. The van der Waals surface area contributed by atoms with Gasteiger partial charge in [-0.2, -0.15) is 5.10 Å². The van der Waals surface area contributed by atoms with Crippen molar-refractivity contribution in [2.45, 2.75) is 37.8 Å². The fourth-order valence-corrected chi connectivity index (χ4v) is 5.06. The van der Waals surface area contributed by atoms with Crippen molar-refractivity contribution in [3.63, 3.8) is 0 Å². The Morgan fingerprint density at radius 1 is 1.03 bits per heavy atom. The van der Waals surface area contributed by atoms with Crippen LogP contribution in [0.15, 0.2) is 55.0 Å². The van der Waals surface area contributed by atoms with Crippen molar-refractivity contribution < 1.29 is 4.39 Å². The quantitative estimate of drug-likeness (QED) is 0.529. The van der Waals surface area contributed by atoms with E-state index in [2.05, 4.69) is 31.2 Å². The predicted molar refractivity (Wildman–Crippen MR) is 121 cm³/mol. The summed E-state index contributed by atoms with van der Waals surface area (Å²) in [5, 5.41) is 13.0. The van der Waals surface area contributed by atoms with E-state index in [0.29, 0.717) is 6.04 Å². The molecule has 0 spiro atoms. The number of nitrogens with one attached hydrogen (secondary N) is 1. The Morgan fingerprint density at radius 2 is 1.94 bits per heavy atom. The Labute approximate surface area is 185 Å². The molecule has 1 unspecified atom stereocenters. The number of benzene rings is 1. The van der Waals surface area contributed by atoms with E-state index in [1.54, 1.807) is 12.1 Å². The van der Waals surface area contributed by atoms with Crippen LogP contribution in [-0.4, -0.2) is 44.0 Å². The molecule has 0 saturated carbocycles. The summed E-state index contributed by atoms with van der Waals surface area (Å²) < 4.78 is 17.8. The summed E-state index contributed by atoms with van der Waals surface area (Å²) >= 11 is 0. The molecule has 4 aromatic rings. The molecule has 5 heterocycles. The molecule has 3 aromatic heterocycles. The van der Waals surface area contributed by atoms with Crippen LogP contribution in [0.5, 0.6) is 0 Å². The lowest BCUT2D eigenvalue weighted by Gasteiger charge is -2.26. The van der Waals surface area contributed by atoms with Gasteiger partial charge in [-0.3, -0.25) is 4.68 Å². The van der Waals surface area contributed by atoms with Gasteiger partial charge in [-0.05, 0) is 68.6 Å². The van der Waals surface area contributed by atoms with E-state index in [1.165, 1.54) is 6.07 Å². The van der Waals surface area contributed by atoms with Gasteiger partial charge in [0.1, 0.15) is 11.6 Å². The summed E-state index contributed by atoms with van der Waals surface area (Å²) in [6.45, 7) is 2.96. The molecule has 2 saturated heterocycles. The first-order chi connectivity index (χ1) is 15.8. The normalized spacial score (nSPS) is 19.8. The second-order valence-corrected chi connectivity index (χ2v) is 8.70. The van der Waals surface area contributed by atoms with Gasteiger partial charge in [0.05, 0.1) is 30.2 Å². The molecule has 7 nitrogen and oxygen atoms in total. The molecule has 2 aliphatic heterocycles. The molecule has 2 fully saturated rings. The molecule has 1 aromatic carbocycles. The molecule has 1 atom stereocenters. The topological polar surface area (TPSA) is 63.3 Å². The molecule has 2 aliphatic rings. The van der Waals surface area contributed by atoms with Gasteiger partial charge in [-0.25, -0.2) is 13.9 Å². The van der Waals surface area contributed by atoms with E-state index in [0.717, 1.165) is 73.6 Å². The van der Waals surface area contributed by atoms with Crippen molar-refractivity contribution in [2.75, 3.05) is 24.5 Å². The molecule has 6 rings (SSSR count). The number of anilines is 1. The Kier molecular flexibility index (Phi) is 4.87. The smallest absolute Gasteiger partial charge is 0.154 e. The molecule has 164 valence electrons. The molecule has 0 amide bonds. The Bertz CT molecular complexity index is 1240. The summed E-state index contributed by atoms with van der Waals surface area (Å²) in [5.41, 5.74) is 3.76. The number of hydrogen-bond acceptors (Lipinski definition) is 5. The summed E-state index contributed by atoms with van der Waals surface area (Å²) in [4.78, 5) is 6.83. The highest BCUT2D eigenvalue weighted by Crippen LogP contribution is 2.35. The van der Waals surface area contributed by atoms with Crippen LogP contribution in [0.2, 0.25) is 0 Å². The zero-order valence-corrected chi connectivity index (χ0v) is 17.9. The van der Waals surface area contributed by atoms with E-state index >= 15 is 0 Å². The number of aromatic nitrogens is 5. The molecular weight excluding hydrogens is 405 g/mol. The number of fused-ring (bicyclic) bond motifs is 1. The minimum atomic E-state index is -0.194. The number of halogens is 1. The first kappa shape index (κ1) is 19.4. The lowest BCUT2D eigenvalue weighted by Crippen LogP contribution is -2.29. The van der Waals surface area contributed by atoms with Crippen molar-refractivity contribution in [2.24, 2.45) is 0 Å². The lowest BCUT2D eigenvalue weighted by molar-refractivity contribution is 0.343. The standard InChI is InChI=1S/C24H26FN7/c25-19-4-1-3-17(13-19)21-5-2-12-30(21)24-7-6-23-27-15-22(32(23)29-24)18-14-28-31(16-18)20-8-10-26-11-9-20/h1,3-4,6-7,13-16,20-21,26H,2,5,8-12H2. The van der Waals surface area contributed by atoms with Crippen LogP contribution in [0.25, 0.3) is 16.9 Å². The van der Waals surface area contributed by atoms with Gasteiger partial charge in [0, 0.05) is 18.3 Å². The maximum absolute atomic E-state index is 13.8. The van der Waals surface area contributed by atoms with Gasteiger partial charge in [0.2, 0.25) is 0 Å². The van der Waals surface area contributed by atoms with Gasteiger partial charge in [0.15, 0.2) is 5.65 Å². The molecule has 0 bridgehead atoms. The fraction of sp³-hybridized carbons (Fsp3) is 0.375. The number of hydrogen-bond donors (Lipinski definition) is 1. The fourth-order valence-electron chi connectivity index (χ4n) is 5.06. The van der Waals surface area contributed by atoms with Crippen LogP contribution in [0.1, 0.15) is 43.3 Å². The zero-order chi connectivity index (χ0) is 21.5. The van der Waals surface area contributed by atoms with E-state index in [-0.39, 0.29) is 11.9 Å². The molecule has 8 heteroatoms. The third-order valence-corrected chi connectivity index (χ3v) is 6.71. The Balaban J connectivity index is 1.33. The summed E-state index contributed by atoms with van der Waals surface area (Å²) in [7, 11) is 0. The van der Waals surface area contributed by atoms with Crippen molar-refractivity contribution in [3.05, 3.63) is 66.4 Å². The third kappa shape index (κ3) is 3.44. The summed E-state index contributed by atoms with van der Waals surface area (Å²) in [5.74, 6) is 0.690. The minimum absolute atomic E-state index is 0.130. The van der Waals surface area contributed by atoms with Gasteiger partial charge in [-0.15, -0.1) is 5.10 Å². The van der Waals surface area contributed by atoms with Crippen molar-refractivity contribution in [3.8, 4) is 11.3 Å². The largest absolute Gasteiger partial charge is 0.348 e. The van der Waals surface area contributed by atoms with Crippen molar-refractivity contribution in [1.82, 2.24) is 29.7 Å². The van der Waals surface area contributed by atoms with Crippen molar-refractivity contribution in [1.29, 1.82) is 0 Å². The first-order valence-corrected chi connectivity index (χ1v) is 11.4. The SMILES string of the molecule is Fc1cccc(C2CCCN2c2ccc3ncc(-c4cnn(C5CCNCC5)c4)n3n2)c1. The zero-order valence-electron chi connectivity index (χ0n) is 17.9. The van der Waals surface area contributed by atoms with Crippen LogP contribution in [0.4, 0.5) is 10.2 Å². The average molecular weight is 432 g/mol. The Morgan fingerprint density at radius 3 is 2.81 bits per heavy atom. The number of rotatable bonds is 4. The van der Waals surface area contributed by atoms with E-state index in [9.17, 15) is 4.39 Å². The molecule has 32 heavy (non-hydrogen) atoms. The highest BCUT2D eigenvalue weighted by atomic mass is 19.1. The van der Waals surface area contributed by atoms with Crippen LogP contribution in [0, 0.1) is 5.82 Å². The van der Waals surface area contributed by atoms with E-state index < -0.39 is 0 Å². The van der Waals surface area contributed by atoms with Crippen LogP contribution < -0.4 is 10.2 Å². The second-order valence-electron chi connectivity index (χ2n) is 8.70. The summed E-state index contributed by atoms with van der Waals surface area (Å²) in [6, 6.07) is 11.5. The van der Waals surface area contributed by atoms with Gasteiger partial charge >= 0.3 is 0 Å². The number of imidazole rings is 1. The van der Waals surface area contributed by atoms with Crippen molar-refractivity contribution >= 4 is 11.5 Å². The second kappa shape index (κ2) is 8.02. The monoisotopic (exact) mass is 431 g/mol. The molecule has 0 aliphatic carbocycles. The highest BCUT2D eigenvalue weighted by Gasteiger charge is 2.28. The van der Waals surface area contributed by atoms with E-state index in [4.69, 9.17) is 5.10 Å². The number of nitrogens with zero attached hydrogens (tertiary/aromatic N) is 6. The van der Waals surface area contributed by atoms with Gasteiger partial charge < -0.3 is 10.2 Å². The summed E-state index contributed by atoms with van der Waals surface area (Å²) in [6.07, 6.45) is 10.1. The van der Waals surface area contributed by atoms with Crippen LogP contribution >= 0.6 is 0 Å².